The van der Waals surface area contributed by atoms with Crippen LogP contribution in [0.2, 0.25) is 0 Å². The van der Waals surface area contributed by atoms with Gasteiger partial charge in [-0.1, -0.05) is 22.9 Å². The van der Waals surface area contributed by atoms with Crippen molar-refractivity contribution in [1.29, 1.82) is 0 Å². The van der Waals surface area contributed by atoms with Crippen molar-refractivity contribution in [3.05, 3.63) is 27.1 Å². The average molecular weight is 362 g/mol. The van der Waals surface area contributed by atoms with Crippen LogP contribution in [0.15, 0.2) is 27.1 Å². The lowest BCUT2D eigenvalue weighted by Crippen LogP contribution is -2.39. The van der Waals surface area contributed by atoms with Gasteiger partial charge in [0.25, 0.3) is 0 Å². The van der Waals surface area contributed by atoms with Gasteiger partial charge in [0, 0.05) is 8.95 Å². The highest BCUT2D eigenvalue weighted by Gasteiger charge is 2.29. The van der Waals surface area contributed by atoms with Crippen LogP contribution >= 0.6 is 31.9 Å². The van der Waals surface area contributed by atoms with Crippen LogP contribution in [0.25, 0.3) is 0 Å². The number of carbonyl (C=O) groups is 1. The summed E-state index contributed by atoms with van der Waals surface area (Å²) in [4.78, 5) is 12.1. The molecule has 3 nitrogen and oxygen atoms in total. The first kappa shape index (κ1) is 13.1. The molecule has 5 heteroatoms. The molecule has 0 aromatic heterocycles. The van der Waals surface area contributed by atoms with Gasteiger partial charge >= 0.3 is 0 Å². The maximum atomic E-state index is 12.1. The Bertz CT molecular complexity index is 437. The molecule has 0 bridgehead atoms. The third kappa shape index (κ3) is 3.09. The normalized spacial score (nSPS) is 23.7. The minimum absolute atomic E-state index is 0.0359. The van der Waals surface area contributed by atoms with Crippen LogP contribution in [0.5, 0.6) is 0 Å². The zero-order valence-electron chi connectivity index (χ0n) is 9.47. The van der Waals surface area contributed by atoms with E-state index >= 15 is 0 Å². The molecule has 92 valence electrons. The molecule has 1 amide bonds. The summed E-state index contributed by atoms with van der Waals surface area (Å²) >= 11 is 6.82. The monoisotopic (exact) mass is 360 g/mol. The first-order valence-electron chi connectivity index (χ1n) is 5.57. The molecule has 1 aromatic carbocycles. The highest BCUT2D eigenvalue weighted by atomic mass is 79.9. The maximum absolute atomic E-state index is 12.1. The Morgan fingerprint density at radius 2 is 2.24 bits per heavy atom. The topological polar surface area (TPSA) is 41.1 Å². The summed E-state index contributed by atoms with van der Waals surface area (Å²) in [5, 5.41) is 6.17. The molecule has 1 fully saturated rings. The van der Waals surface area contributed by atoms with E-state index in [1.807, 2.05) is 18.2 Å². The van der Waals surface area contributed by atoms with Crippen molar-refractivity contribution in [3.8, 4) is 0 Å². The predicted molar refractivity (Wildman–Crippen MR) is 76.0 cm³/mol. The van der Waals surface area contributed by atoms with Crippen LogP contribution < -0.4 is 10.6 Å². The Labute approximate surface area is 118 Å². The van der Waals surface area contributed by atoms with E-state index in [0.29, 0.717) is 5.92 Å². The number of halogens is 2. The van der Waals surface area contributed by atoms with Crippen molar-refractivity contribution in [2.24, 2.45) is 5.92 Å². The molecule has 1 aliphatic heterocycles. The fraction of sp³-hybridized carbons (Fsp3) is 0.417. The number of rotatable bonds is 2. The Hall–Kier alpha value is -0.390. The minimum Gasteiger partial charge on any atom is -0.324 e. The minimum atomic E-state index is -0.0825. The number of hydrogen-bond donors (Lipinski definition) is 2. The van der Waals surface area contributed by atoms with Gasteiger partial charge in [-0.15, -0.1) is 0 Å². The molecule has 0 radical (unpaired) electrons. The van der Waals surface area contributed by atoms with Gasteiger partial charge in [-0.2, -0.15) is 0 Å². The van der Waals surface area contributed by atoms with E-state index in [1.54, 1.807) is 0 Å². The maximum Gasteiger partial charge on any atom is 0.241 e. The summed E-state index contributed by atoms with van der Waals surface area (Å²) in [5.74, 6) is 0.426. The highest BCUT2D eigenvalue weighted by molar-refractivity contribution is 9.11. The lowest BCUT2D eigenvalue weighted by Gasteiger charge is -2.16. The van der Waals surface area contributed by atoms with Crippen LogP contribution in [0.1, 0.15) is 13.3 Å². The largest absolute Gasteiger partial charge is 0.324 e. The molecule has 2 rings (SSSR count). The predicted octanol–water partition coefficient (Wildman–Crippen LogP) is 3.15. The Morgan fingerprint density at radius 1 is 1.47 bits per heavy atom. The van der Waals surface area contributed by atoms with Gasteiger partial charge in [-0.25, -0.2) is 0 Å². The first-order chi connectivity index (χ1) is 8.08. The molecule has 0 spiro atoms. The summed E-state index contributed by atoms with van der Waals surface area (Å²) in [5.41, 5.74) is 0.797. The Kier molecular flexibility index (Phi) is 4.22. The Morgan fingerprint density at radius 3 is 2.88 bits per heavy atom. The SMILES string of the molecule is CC1CCNC1C(=O)Nc1cc(Br)ccc1Br. The highest BCUT2D eigenvalue weighted by Crippen LogP contribution is 2.27. The molecular formula is C12H14Br2N2O. The molecule has 2 atom stereocenters. The number of anilines is 1. The van der Waals surface area contributed by atoms with Gasteiger partial charge in [0.15, 0.2) is 0 Å². The van der Waals surface area contributed by atoms with E-state index in [-0.39, 0.29) is 11.9 Å². The van der Waals surface area contributed by atoms with Crippen LogP contribution in [0.4, 0.5) is 5.69 Å². The van der Waals surface area contributed by atoms with Crippen molar-refractivity contribution < 1.29 is 4.79 Å². The molecule has 1 saturated heterocycles. The molecule has 1 aromatic rings. The summed E-state index contributed by atoms with van der Waals surface area (Å²) in [6.07, 6.45) is 1.05. The van der Waals surface area contributed by atoms with Crippen molar-refractivity contribution in [2.45, 2.75) is 19.4 Å². The number of benzene rings is 1. The molecular weight excluding hydrogens is 348 g/mol. The lowest BCUT2D eigenvalue weighted by molar-refractivity contribution is -0.118. The molecule has 17 heavy (non-hydrogen) atoms. The summed E-state index contributed by atoms with van der Waals surface area (Å²) in [7, 11) is 0. The van der Waals surface area contributed by atoms with E-state index in [2.05, 4.69) is 49.4 Å². The average Bonchev–Trinajstić information content (AvgIpc) is 2.70. The number of carbonyl (C=O) groups excluding carboxylic acids is 1. The van der Waals surface area contributed by atoms with Crippen LogP contribution in [-0.4, -0.2) is 18.5 Å². The second-order valence-corrected chi connectivity index (χ2v) is 6.08. The van der Waals surface area contributed by atoms with Crippen molar-refractivity contribution >= 4 is 43.5 Å². The number of nitrogens with one attached hydrogen (secondary N) is 2. The van der Waals surface area contributed by atoms with E-state index in [4.69, 9.17) is 0 Å². The lowest BCUT2D eigenvalue weighted by atomic mass is 10.0. The van der Waals surface area contributed by atoms with E-state index < -0.39 is 0 Å². The van der Waals surface area contributed by atoms with E-state index in [0.717, 1.165) is 27.6 Å². The van der Waals surface area contributed by atoms with Crippen LogP contribution in [0.3, 0.4) is 0 Å². The van der Waals surface area contributed by atoms with Gasteiger partial charge in [-0.05, 0) is 53.0 Å². The summed E-state index contributed by atoms with van der Waals surface area (Å²) < 4.78 is 1.84. The second-order valence-electron chi connectivity index (χ2n) is 4.31. The van der Waals surface area contributed by atoms with Crippen LogP contribution in [0, 0.1) is 5.92 Å². The van der Waals surface area contributed by atoms with Gasteiger partial charge in [0.1, 0.15) is 0 Å². The molecule has 2 N–H and O–H groups in total. The van der Waals surface area contributed by atoms with E-state index in [1.165, 1.54) is 0 Å². The fourth-order valence-corrected chi connectivity index (χ4v) is 2.70. The van der Waals surface area contributed by atoms with Crippen molar-refractivity contribution in [2.75, 3.05) is 11.9 Å². The molecule has 2 unspecified atom stereocenters. The third-order valence-electron chi connectivity index (χ3n) is 3.00. The Balaban J connectivity index is 2.10. The zero-order chi connectivity index (χ0) is 12.4. The van der Waals surface area contributed by atoms with Gasteiger partial charge in [0.05, 0.1) is 11.7 Å². The molecule has 1 heterocycles. The fourth-order valence-electron chi connectivity index (χ4n) is 1.99. The number of amides is 1. The smallest absolute Gasteiger partial charge is 0.241 e. The summed E-state index contributed by atoms with van der Waals surface area (Å²) in [6.45, 7) is 3.01. The van der Waals surface area contributed by atoms with Crippen molar-refractivity contribution in [1.82, 2.24) is 5.32 Å². The van der Waals surface area contributed by atoms with E-state index in [9.17, 15) is 4.79 Å². The first-order valence-corrected chi connectivity index (χ1v) is 7.16. The molecule has 1 aliphatic rings. The molecule has 0 saturated carbocycles. The van der Waals surface area contributed by atoms with Gasteiger partial charge in [-0.3, -0.25) is 4.79 Å². The van der Waals surface area contributed by atoms with Crippen molar-refractivity contribution in [3.63, 3.8) is 0 Å². The third-order valence-corrected chi connectivity index (χ3v) is 4.19. The molecule has 0 aliphatic carbocycles. The zero-order valence-corrected chi connectivity index (χ0v) is 12.6. The summed E-state index contributed by atoms with van der Waals surface area (Å²) in [6, 6.07) is 5.64. The van der Waals surface area contributed by atoms with Crippen LogP contribution in [-0.2, 0) is 4.79 Å². The number of hydrogen-bond acceptors (Lipinski definition) is 2. The standard InChI is InChI=1S/C12H14Br2N2O/c1-7-4-5-15-11(7)12(17)16-10-6-8(13)2-3-9(10)14/h2-3,6-7,11,15H,4-5H2,1H3,(H,16,17). The van der Waals surface area contributed by atoms with Gasteiger partial charge < -0.3 is 10.6 Å². The quantitative estimate of drug-likeness (QED) is 0.849. The van der Waals surface area contributed by atoms with Gasteiger partial charge in [0.2, 0.25) is 5.91 Å². The second kappa shape index (κ2) is 5.50.